The van der Waals surface area contributed by atoms with Crippen LogP contribution in [0, 0.1) is 5.41 Å². The van der Waals surface area contributed by atoms with Crippen molar-refractivity contribution < 1.29 is 4.79 Å². The number of nitrogens with zero attached hydrogens (tertiary/aromatic N) is 1. The number of hydrogen-bond acceptors (Lipinski definition) is 2. The molecule has 0 saturated carbocycles. The number of Topliss-reactive ketones (excluding diaryl/α,β-unsaturated/α-hetero) is 1. The first-order chi connectivity index (χ1) is 12.5. The highest BCUT2D eigenvalue weighted by Gasteiger charge is 2.28. The average Bonchev–Trinajstić information content (AvgIpc) is 2.65. The molecule has 0 aromatic rings. The second kappa shape index (κ2) is 14.6. The first-order valence-corrected chi connectivity index (χ1v) is 10.3. The lowest BCUT2D eigenvalue weighted by molar-refractivity contribution is -0.119. The molecule has 0 unspecified atom stereocenters. The summed E-state index contributed by atoms with van der Waals surface area (Å²) in [7, 11) is 0. The Bertz CT molecular complexity index is 455. The van der Waals surface area contributed by atoms with Gasteiger partial charge in [0.15, 0.2) is 0 Å². The Morgan fingerprint density at radius 1 is 0.962 bits per heavy atom. The lowest BCUT2D eigenvalue weighted by Gasteiger charge is -2.34. The summed E-state index contributed by atoms with van der Waals surface area (Å²) in [6.45, 7) is 19.0. The van der Waals surface area contributed by atoms with Gasteiger partial charge in [-0.25, -0.2) is 0 Å². The SMILES string of the molecule is C=CC(=C)CCC(CCC)(CCC)CCC(=O)CCN(C=C)/C=C\CC. The Morgan fingerprint density at radius 3 is 2.08 bits per heavy atom. The van der Waals surface area contributed by atoms with Gasteiger partial charge < -0.3 is 4.90 Å². The molecule has 0 aliphatic carbocycles. The van der Waals surface area contributed by atoms with Gasteiger partial charge in [0.2, 0.25) is 0 Å². The van der Waals surface area contributed by atoms with Gasteiger partial charge in [0.25, 0.3) is 0 Å². The smallest absolute Gasteiger partial charge is 0.134 e. The third kappa shape index (κ3) is 10.4. The molecule has 0 aromatic carbocycles. The predicted octanol–water partition coefficient (Wildman–Crippen LogP) is 7.20. The first-order valence-electron chi connectivity index (χ1n) is 10.3. The van der Waals surface area contributed by atoms with Crippen LogP contribution in [0.4, 0.5) is 0 Å². The molecule has 0 radical (unpaired) electrons. The molecule has 0 aliphatic heterocycles. The molecule has 0 amide bonds. The van der Waals surface area contributed by atoms with Crippen LogP contribution in [0.2, 0.25) is 0 Å². The Balaban J connectivity index is 4.71. The van der Waals surface area contributed by atoms with Gasteiger partial charge in [0.1, 0.15) is 5.78 Å². The molecule has 26 heavy (non-hydrogen) atoms. The maximum Gasteiger partial charge on any atom is 0.134 e. The molecule has 0 fully saturated rings. The van der Waals surface area contributed by atoms with Gasteiger partial charge in [-0.15, -0.1) is 0 Å². The van der Waals surface area contributed by atoms with Crippen molar-refractivity contribution in [2.75, 3.05) is 6.54 Å². The summed E-state index contributed by atoms with van der Waals surface area (Å²) in [5.74, 6) is 0.362. The van der Waals surface area contributed by atoms with E-state index in [1.165, 1.54) is 25.7 Å². The van der Waals surface area contributed by atoms with Crippen LogP contribution >= 0.6 is 0 Å². The van der Waals surface area contributed by atoms with E-state index in [0.717, 1.165) is 37.8 Å². The molecule has 0 aromatic heterocycles. The summed E-state index contributed by atoms with van der Waals surface area (Å²) in [5, 5.41) is 0. The zero-order valence-corrected chi connectivity index (χ0v) is 17.6. The van der Waals surface area contributed by atoms with Crippen LogP contribution in [0.25, 0.3) is 0 Å². The molecule has 0 bridgehead atoms. The van der Waals surface area contributed by atoms with Crippen molar-refractivity contribution >= 4 is 5.78 Å². The van der Waals surface area contributed by atoms with E-state index in [9.17, 15) is 4.79 Å². The van der Waals surface area contributed by atoms with Gasteiger partial charge in [-0.1, -0.05) is 71.1 Å². The lowest BCUT2D eigenvalue weighted by atomic mass is 9.71. The standard InChI is InChI=1S/C24H41NO/c1-7-12-20-25(11-5)21-15-23(26)14-19-24(16-8-2,17-9-3)18-13-22(6)10-4/h10-12,20H,4-9,13-19,21H2,1-3H3/b20-12-. The summed E-state index contributed by atoms with van der Waals surface area (Å²) in [6, 6.07) is 0. The average molecular weight is 360 g/mol. The van der Waals surface area contributed by atoms with Crippen LogP contribution in [-0.4, -0.2) is 17.2 Å². The number of rotatable bonds is 17. The Kier molecular flexibility index (Phi) is 13.7. The van der Waals surface area contributed by atoms with E-state index in [1.54, 1.807) is 6.20 Å². The molecule has 0 saturated heterocycles. The number of carbonyl (C=O) groups is 1. The highest BCUT2D eigenvalue weighted by Crippen LogP contribution is 2.40. The topological polar surface area (TPSA) is 20.3 Å². The predicted molar refractivity (Wildman–Crippen MR) is 116 cm³/mol. The molecular weight excluding hydrogens is 318 g/mol. The normalized spacial score (nSPS) is 11.5. The summed E-state index contributed by atoms with van der Waals surface area (Å²) < 4.78 is 0. The van der Waals surface area contributed by atoms with E-state index in [0.29, 0.717) is 18.6 Å². The minimum Gasteiger partial charge on any atom is -0.355 e. The van der Waals surface area contributed by atoms with Gasteiger partial charge in [0.05, 0.1) is 0 Å². The number of carbonyl (C=O) groups excluding carboxylic acids is 1. The highest BCUT2D eigenvalue weighted by atomic mass is 16.1. The van der Waals surface area contributed by atoms with Crippen LogP contribution < -0.4 is 0 Å². The van der Waals surface area contributed by atoms with E-state index in [1.807, 2.05) is 17.2 Å². The van der Waals surface area contributed by atoms with E-state index >= 15 is 0 Å². The van der Waals surface area contributed by atoms with E-state index in [-0.39, 0.29) is 5.41 Å². The quantitative estimate of drug-likeness (QED) is 0.256. The van der Waals surface area contributed by atoms with Crippen molar-refractivity contribution in [1.29, 1.82) is 0 Å². The van der Waals surface area contributed by atoms with Crippen LogP contribution in [0.3, 0.4) is 0 Å². The fraction of sp³-hybridized carbons (Fsp3) is 0.625. The fourth-order valence-corrected chi connectivity index (χ4v) is 3.59. The van der Waals surface area contributed by atoms with Gasteiger partial charge in [-0.3, -0.25) is 4.79 Å². The number of ketones is 1. The maximum atomic E-state index is 12.5. The molecular formula is C24H41NO. The van der Waals surface area contributed by atoms with E-state index in [2.05, 4.69) is 46.6 Å². The Morgan fingerprint density at radius 2 is 1.58 bits per heavy atom. The van der Waals surface area contributed by atoms with Crippen molar-refractivity contribution in [3.05, 3.63) is 49.9 Å². The van der Waals surface area contributed by atoms with Gasteiger partial charge in [0, 0.05) is 19.4 Å². The van der Waals surface area contributed by atoms with Crippen molar-refractivity contribution in [3.63, 3.8) is 0 Å². The van der Waals surface area contributed by atoms with Gasteiger partial charge >= 0.3 is 0 Å². The molecule has 0 rings (SSSR count). The molecule has 2 nitrogen and oxygen atoms in total. The van der Waals surface area contributed by atoms with Crippen LogP contribution in [0.5, 0.6) is 0 Å². The summed E-state index contributed by atoms with van der Waals surface area (Å²) in [4.78, 5) is 14.5. The zero-order chi connectivity index (χ0) is 19.8. The highest BCUT2D eigenvalue weighted by molar-refractivity contribution is 5.78. The minimum atomic E-state index is 0.269. The maximum absolute atomic E-state index is 12.5. The summed E-state index contributed by atoms with van der Waals surface area (Å²) >= 11 is 0. The Labute approximate surface area is 162 Å². The molecule has 0 N–H and O–H groups in total. The first kappa shape index (κ1) is 24.4. The molecule has 0 heterocycles. The molecule has 0 spiro atoms. The molecule has 0 aliphatic rings. The molecule has 2 heteroatoms. The Hall–Kier alpha value is -1.57. The number of hydrogen-bond donors (Lipinski definition) is 0. The zero-order valence-electron chi connectivity index (χ0n) is 17.6. The lowest BCUT2D eigenvalue weighted by Crippen LogP contribution is -2.23. The van der Waals surface area contributed by atoms with E-state index < -0.39 is 0 Å². The van der Waals surface area contributed by atoms with Crippen LogP contribution in [-0.2, 0) is 4.79 Å². The summed E-state index contributed by atoms with van der Waals surface area (Å²) in [5.41, 5.74) is 1.38. The van der Waals surface area contributed by atoms with E-state index in [4.69, 9.17) is 0 Å². The summed E-state index contributed by atoms with van der Waals surface area (Å²) in [6.07, 6.45) is 17.8. The van der Waals surface area contributed by atoms with Crippen molar-refractivity contribution in [1.82, 2.24) is 4.90 Å². The van der Waals surface area contributed by atoms with Crippen LogP contribution in [0.1, 0.15) is 85.0 Å². The third-order valence-corrected chi connectivity index (χ3v) is 5.18. The van der Waals surface area contributed by atoms with Gasteiger partial charge in [-0.05, 0) is 56.3 Å². The largest absolute Gasteiger partial charge is 0.355 e. The van der Waals surface area contributed by atoms with Crippen molar-refractivity contribution in [2.45, 2.75) is 85.0 Å². The second-order valence-electron chi connectivity index (χ2n) is 7.36. The van der Waals surface area contributed by atoms with Gasteiger partial charge in [-0.2, -0.15) is 0 Å². The van der Waals surface area contributed by atoms with Crippen molar-refractivity contribution in [2.24, 2.45) is 5.41 Å². The fourth-order valence-electron chi connectivity index (χ4n) is 3.59. The minimum absolute atomic E-state index is 0.269. The number of allylic oxidation sites excluding steroid dienone is 3. The second-order valence-corrected chi connectivity index (χ2v) is 7.36. The molecule has 148 valence electrons. The monoisotopic (exact) mass is 359 g/mol. The molecule has 0 atom stereocenters. The van der Waals surface area contributed by atoms with Crippen LogP contribution in [0.15, 0.2) is 49.9 Å². The third-order valence-electron chi connectivity index (χ3n) is 5.18. The van der Waals surface area contributed by atoms with Crippen molar-refractivity contribution in [3.8, 4) is 0 Å².